The lowest BCUT2D eigenvalue weighted by atomic mass is 9.60. The average molecular weight is 376 g/mol. The molecule has 5 rings (SSSR count). The molecule has 27 heavy (non-hydrogen) atoms. The van der Waals surface area contributed by atoms with Crippen LogP contribution in [0.4, 0.5) is 0 Å². The minimum absolute atomic E-state index is 0.00362. The molecule has 5 nitrogen and oxygen atoms in total. The van der Waals surface area contributed by atoms with E-state index in [4.69, 9.17) is 9.47 Å². The van der Waals surface area contributed by atoms with E-state index in [-0.39, 0.29) is 36.0 Å². The van der Waals surface area contributed by atoms with E-state index >= 15 is 0 Å². The minimum atomic E-state index is -0.0294. The van der Waals surface area contributed by atoms with Crippen LogP contribution in [-0.4, -0.2) is 47.7 Å². The summed E-state index contributed by atoms with van der Waals surface area (Å²) >= 11 is 0. The molecule has 10 atom stereocenters. The molecule has 0 N–H and O–H groups in total. The Morgan fingerprint density at radius 1 is 1.04 bits per heavy atom. The highest BCUT2D eigenvalue weighted by atomic mass is 16.6. The van der Waals surface area contributed by atoms with Gasteiger partial charge in [0.25, 0.3) is 0 Å². The van der Waals surface area contributed by atoms with E-state index in [0.29, 0.717) is 35.8 Å². The van der Waals surface area contributed by atoms with Gasteiger partial charge in [-0.2, -0.15) is 0 Å². The highest BCUT2D eigenvalue weighted by Crippen LogP contribution is 2.57. The zero-order valence-corrected chi connectivity index (χ0v) is 16.8. The second-order valence-corrected chi connectivity index (χ2v) is 9.81. The molecule has 0 aromatic heterocycles. The third-order valence-electron chi connectivity index (χ3n) is 8.61. The Morgan fingerprint density at radius 3 is 2.56 bits per heavy atom. The molecule has 4 heterocycles. The Morgan fingerprint density at radius 2 is 1.85 bits per heavy atom. The van der Waals surface area contributed by atoms with Gasteiger partial charge in [0, 0.05) is 23.9 Å². The highest BCUT2D eigenvalue weighted by Gasteiger charge is 2.63. The van der Waals surface area contributed by atoms with Crippen LogP contribution in [0.15, 0.2) is 0 Å². The number of esters is 2. The molecule has 0 radical (unpaired) electrons. The quantitative estimate of drug-likeness (QED) is 0.695. The Labute approximate surface area is 162 Å². The second kappa shape index (κ2) is 6.47. The number of carbonyl (C=O) groups excluding carboxylic acids is 2. The van der Waals surface area contributed by atoms with Crippen LogP contribution >= 0.6 is 0 Å². The molecule has 5 heteroatoms. The first-order valence-corrected chi connectivity index (χ1v) is 11.2. The van der Waals surface area contributed by atoms with Crippen molar-refractivity contribution in [1.29, 1.82) is 0 Å². The zero-order chi connectivity index (χ0) is 18.9. The van der Waals surface area contributed by atoms with Crippen LogP contribution in [-0.2, 0) is 19.1 Å². The fourth-order valence-corrected chi connectivity index (χ4v) is 7.48. The first-order valence-electron chi connectivity index (χ1n) is 11.2. The Balaban J connectivity index is 1.51. The normalized spacial score (nSPS) is 52.1. The van der Waals surface area contributed by atoms with Crippen molar-refractivity contribution >= 4 is 11.9 Å². The van der Waals surface area contributed by atoms with Crippen LogP contribution in [0, 0.1) is 35.5 Å². The fraction of sp³-hybridized carbons (Fsp3) is 0.909. The number of hydrogen-bond donors (Lipinski definition) is 0. The highest BCUT2D eigenvalue weighted by molar-refractivity contribution is 5.75. The molecule has 0 aromatic carbocycles. The molecule has 0 spiro atoms. The maximum absolute atomic E-state index is 12.5. The van der Waals surface area contributed by atoms with Crippen molar-refractivity contribution in [2.75, 3.05) is 6.54 Å². The van der Waals surface area contributed by atoms with Crippen molar-refractivity contribution in [2.24, 2.45) is 35.5 Å². The van der Waals surface area contributed by atoms with Gasteiger partial charge in [-0.1, -0.05) is 27.2 Å². The largest absolute Gasteiger partial charge is 0.462 e. The molecular formula is C22H33NO4. The zero-order valence-electron chi connectivity index (χ0n) is 16.8. The molecule has 0 unspecified atom stereocenters. The van der Waals surface area contributed by atoms with E-state index in [0.717, 1.165) is 25.8 Å². The van der Waals surface area contributed by atoms with Gasteiger partial charge in [-0.25, -0.2) is 0 Å². The lowest BCUT2D eigenvalue weighted by molar-refractivity contribution is -0.148. The summed E-state index contributed by atoms with van der Waals surface area (Å²) in [6.07, 6.45) is 6.87. The average Bonchev–Trinajstić information content (AvgIpc) is 3.20. The Bertz CT molecular complexity index is 636. The molecule has 4 saturated heterocycles. The van der Waals surface area contributed by atoms with E-state index in [9.17, 15) is 9.59 Å². The Hall–Kier alpha value is -1.10. The number of cyclic esters (lactones) is 1. The maximum atomic E-state index is 12.5. The molecule has 4 aliphatic heterocycles. The van der Waals surface area contributed by atoms with Crippen LogP contribution in [0.5, 0.6) is 0 Å². The molecule has 5 aliphatic rings. The monoisotopic (exact) mass is 375 g/mol. The van der Waals surface area contributed by atoms with Crippen LogP contribution in [0.3, 0.4) is 0 Å². The number of rotatable bonds is 2. The van der Waals surface area contributed by atoms with Crippen LogP contribution in [0.2, 0.25) is 0 Å². The van der Waals surface area contributed by atoms with Crippen molar-refractivity contribution in [3.05, 3.63) is 0 Å². The van der Waals surface area contributed by atoms with Gasteiger partial charge < -0.3 is 9.47 Å². The van der Waals surface area contributed by atoms with Gasteiger partial charge in [-0.05, 0) is 50.5 Å². The van der Waals surface area contributed by atoms with Gasteiger partial charge in [-0.3, -0.25) is 14.5 Å². The summed E-state index contributed by atoms with van der Waals surface area (Å²) < 4.78 is 11.8. The summed E-state index contributed by atoms with van der Waals surface area (Å²) in [6, 6.07) is 0.865. The summed E-state index contributed by atoms with van der Waals surface area (Å²) in [5.41, 5.74) is 0. The molecule has 0 aromatic rings. The molecule has 0 bridgehead atoms. The van der Waals surface area contributed by atoms with Crippen molar-refractivity contribution < 1.29 is 19.1 Å². The minimum Gasteiger partial charge on any atom is -0.462 e. The van der Waals surface area contributed by atoms with Crippen molar-refractivity contribution in [1.82, 2.24) is 4.90 Å². The van der Waals surface area contributed by atoms with Gasteiger partial charge in [0.2, 0.25) is 0 Å². The van der Waals surface area contributed by atoms with Gasteiger partial charge in [-0.15, -0.1) is 0 Å². The van der Waals surface area contributed by atoms with Gasteiger partial charge in [0.05, 0.1) is 11.8 Å². The summed E-state index contributed by atoms with van der Waals surface area (Å²) in [4.78, 5) is 27.3. The molecule has 1 aliphatic carbocycles. The maximum Gasteiger partial charge on any atom is 0.309 e. The van der Waals surface area contributed by atoms with E-state index in [1.807, 2.05) is 6.92 Å². The van der Waals surface area contributed by atoms with E-state index in [2.05, 4.69) is 18.7 Å². The van der Waals surface area contributed by atoms with E-state index in [1.165, 1.54) is 19.3 Å². The topological polar surface area (TPSA) is 55.8 Å². The smallest absolute Gasteiger partial charge is 0.309 e. The number of ether oxygens (including phenoxy) is 2. The third-order valence-corrected chi connectivity index (χ3v) is 8.61. The summed E-state index contributed by atoms with van der Waals surface area (Å²) in [6.45, 7) is 7.44. The first-order chi connectivity index (χ1) is 13.0. The standard InChI is InChI=1S/C22H33NO4/c1-4-13-14-7-5-6-8-23-16(17-9-11(2)21(24)26-17)10-15(19(14)23)18-12(3)22(25)27-20(13)18/h11-20H,4-10H2,1-3H3/t11-,12+,13-,14+,15+,16+,17-,18+,19+,20-/m1/s1. The summed E-state index contributed by atoms with van der Waals surface area (Å²) in [5.74, 6) is 1.94. The summed E-state index contributed by atoms with van der Waals surface area (Å²) in [7, 11) is 0. The lowest BCUT2D eigenvalue weighted by Crippen LogP contribution is -2.54. The number of fused-ring (bicyclic) bond motifs is 2. The number of nitrogens with zero attached hydrogens (tertiary/aromatic N) is 1. The SMILES string of the molecule is CC[C@@H]1[C@@H]2CCCCN3[C@@H]2[C@@H](C[C@H]3[C@H]2C[C@@H](C)C(=O)O2)[C@H]2[C@@H]1OC(=O)[C@H]2C. The predicted octanol–water partition coefficient (Wildman–Crippen LogP) is 3.01. The first kappa shape index (κ1) is 18.0. The van der Waals surface area contributed by atoms with Crippen molar-refractivity contribution in [2.45, 2.75) is 83.6 Å². The van der Waals surface area contributed by atoms with Crippen LogP contribution < -0.4 is 0 Å². The van der Waals surface area contributed by atoms with Gasteiger partial charge in [0.15, 0.2) is 0 Å². The van der Waals surface area contributed by atoms with Crippen LogP contribution in [0.1, 0.15) is 59.3 Å². The second-order valence-electron chi connectivity index (χ2n) is 9.81. The third kappa shape index (κ3) is 2.53. The van der Waals surface area contributed by atoms with Crippen molar-refractivity contribution in [3.63, 3.8) is 0 Å². The number of carbonyl (C=O) groups is 2. The molecule has 5 fully saturated rings. The van der Waals surface area contributed by atoms with Gasteiger partial charge >= 0.3 is 11.9 Å². The van der Waals surface area contributed by atoms with Crippen LogP contribution in [0.25, 0.3) is 0 Å². The van der Waals surface area contributed by atoms with Gasteiger partial charge in [0.1, 0.15) is 12.2 Å². The fourth-order valence-electron chi connectivity index (χ4n) is 7.48. The molecule has 150 valence electrons. The predicted molar refractivity (Wildman–Crippen MR) is 99.7 cm³/mol. The Kier molecular flexibility index (Phi) is 4.30. The summed E-state index contributed by atoms with van der Waals surface area (Å²) in [5, 5.41) is 0. The lowest BCUT2D eigenvalue weighted by Gasteiger charge is -2.48. The van der Waals surface area contributed by atoms with E-state index in [1.54, 1.807) is 0 Å². The molecular weight excluding hydrogens is 342 g/mol. The van der Waals surface area contributed by atoms with Crippen molar-refractivity contribution in [3.8, 4) is 0 Å². The molecule has 1 saturated carbocycles. The number of hydrogen-bond acceptors (Lipinski definition) is 5. The van der Waals surface area contributed by atoms with E-state index < -0.39 is 0 Å². The molecule has 0 amide bonds.